The van der Waals surface area contributed by atoms with Crippen LogP contribution in [0, 0.1) is 0 Å². The van der Waals surface area contributed by atoms with Crippen molar-refractivity contribution in [3.8, 4) is 0 Å². The number of carbonyl (C=O) groups excluding carboxylic acids is 1. The van der Waals surface area contributed by atoms with Gasteiger partial charge in [-0.05, 0) is 19.4 Å². The summed E-state index contributed by atoms with van der Waals surface area (Å²) in [5, 5.41) is 0. The minimum Gasteiger partial charge on any atom is -0.383 e. The average Bonchev–Trinajstić information content (AvgIpc) is 2.59. The Morgan fingerprint density at radius 1 is 1.35 bits per heavy atom. The van der Waals surface area contributed by atoms with Gasteiger partial charge in [0.2, 0.25) is 5.91 Å². The van der Waals surface area contributed by atoms with Crippen LogP contribution in [0.4, 0.5) is 0 Å². The van der Waals surface area contributed by atoms with Gasteiger partial charge >= 0.3 is 0 Å². The summed E-state index contributed by atoms with van der Waals surface area (Å²) < 4.78 is 5.07. The third kappa shape index (κ3) is 4.61. The Hall–Kier alpha value is -0.650. The number of methoxy groups -OCH3 is 1. The van der Waals surface area contributed by atoms with Crippen molar-refractivity contribution >= 4 is 5.91 Å². The van der Waals surface area contributed by atoms with E-state index < -0.39 is 0 Å². The molecule has 1 rings (SSSR count). The lowest BCUT2D eigenvalue weighted by Crippen LogP contribution is -2.45. The molecule has 0 aromatic rings. The summed E-state index contributed by atoms with van der Waals surface area (Å²) in [6.45, 7) is 7.22. The van der Waals surface area contributed by atoms with Gasteiger partial charge in [-0.15, -0.1) is 0 Å². The van der Waals surface area contributed by atoms with E-state index in [-0.39, 0.29) is 11.9 Å². The van der Waals surface area contributed by atoms with E-state index in [9.17, 15) is 4.79 Å². The molecular formula is C12H25N3O2. The number of ether oxygens (including phenoxy) is 1. The first kappa shape index (κ1) is 14.4. The molecule has 2 N–H and O–H groups in total. The summed E-state index contributed by atoms with van der Waals surface area (Å²) in [4.78, 5) is 16.2. The fourth-order valence-electron chi connectivity index (χ4n) is 2.04. The Kier molecular flexibility index (Phi) is 6.47. The molecule has 1 aliphatic heterocycles. The van der Waals surface area contributed by atoms with Gasteiger partial charge in [0.1, 0.15) is 0 Å². The van der Waals surface area contributed by atoms with Crippen LogP contribution in [0.5, 0.6) is 0 Å². The number of hydrogen-bond acceptors (Lipinski definition) is 4. The molecule has 5 nitrogen and oxygen atoms in total. The molecule has 100 valence electrons. The van der Waals surface area contributed by atoms with Gasteiger partial charge in [-0.2, -0.15) is 0 Å². The molecule has 1 aliphatic rings. The molecule has 0 radical (unpaired) electrons. The Labute approximate surface area is 104 Å². The molecule has 1 heterocycles. The molecule has 1 amide bonds. The van der Waals surface area contributed by atoms with Crippen LogP contribution < -0.4 is 5.73 Å². The Morgan fingerprint density at radius 2 is 2.12 bits per heavy atom. The summed E-state index contributed by atoms with van der Waals surface area (Å²) >= 11 is 0. The monoisotopic (exact) mass is 243 g/mol. The highest BCUT2D eigenvalue weighted by Gasteiger charge is 2.22. The fourth-order valence-corrected chi connectivity index (χ4v) is 2.04. The van der Waals surface area contributed by atoms with E-state index in [1.165, 1.54) is 0 Å². The lowest BCUT2D eigenvalue weighted by Gasteiger charge is -2.24. The van der Waals surface area contributed by atoms with E-state index in [1.54, 1.807) is 7.11 Å². The van der Waals surface area contributed by atoms with Gasteiger partial charge in [-0.25, -0.2) is 0 Å². The maximum Gasteiger partial charge on any atom is 0.239 e. The maximum absolute atomic E-state index is 12.0. The van der Waals surface area contributed by atoms with E-state index >= 15 is 0 Å². The van der Waals surface area contributed by atoms with Crippen LogP contribution in [-0.4, -0.2) is 68.2 Å². The van der Waals surface area contributed by atoms with Crippen molar-refractivity contribution in [1.29, 1.82) is 0 Å². The van der Waals surface area contributed by atoms with Crippen molar-refractivity contribution in [2.75, 3.05) is 46.4 Å². The fraction of sp³-hybridized carbons (Fsp3) is 0.917. The zero-order valence-corrected chi connectivity index (χ0v) is 11.0. The highest BCUT2D eigenvalue weighted by Crippen LogP contribution is 2.05. The van der Waals surface area contributed by atoms with Crippen molar-refractivity contribution < 1.29 is 9.53 Å². The van der Waals surface area contributed by atoms with Gasteiger partial charge in [0.05, 0.1) is 12.6 Å². The predicted octanol–water partition coefficient (Wildman–Crippen LogP) is -0.0956. The van der Waals surface area contributed by atoms with Gasteiger partial charge < -0.3 is 15.4 Å². The largest absolute Gasteiger partial charge is 0.383 e. The second-order valence-electron chi connectivity index (χ2n) is 4.53. The van der Waals surface area contributed by atoms with Gasteiger partial charge in [0.25, 0.3) is 0 Å². The number of hydrogen-bond donors (Lipinski definition) is 1. The number of nitrogens with two attached hydrogens (primary N) is 1. The summed E-state index contributed by atoms with van der Waals surface area (Å²) in [5.41, 5.74) is 5.79. The summed E-state index contributed by atoms with van der Waals surface area (Å²) in [7, 11) is 1.72. The molecule has 5 heteroatoms. The van der Waals surface area contributed by atoms with Crippen LogP contribution >= 0.6 is 0 Å². The molecule has 0 bridgehead atoms. The maximum atomic E-state index is 12.0. The quantitative estimate of drug-likeness (QED) is 0.733. The first-order valence-electron chi connectivity index (χ1n) is 6.44. The third-order valence-corrected chi connectivity index (χ3v) is 3.27. The van der Waals surface area contributed by atoms with Crippen LogP contribution in [-0.2, 0) is 9.53 Å². The van der Waals surface area contributed by atoms with Crippen LogP contribution in [0.15, 0.2) is 0 Å². The first-order chi connectivity index (χ1) is 8.19. The average molecular weight is 243 g/mol. The lowest BCUT2D eigenvalue weighted by molar-refractivity contribution is -0.132. The molecule has 0 aromatic heterocycles. The molecule has 0 saturated carbocycles. The van der Waals surface area contributed by atoms with Crippen molar-refractivity contribution in [2.45, 2.75) is 25.8 Å². The van der Waals surface area contributed by atoms with Crippen LogP contribution in [0.2, 0.25) is 0 Å². The molecule has 0 aromatic carbocycles. The highest BCUT2D eigenvalue weighted by atomic mass is 16.5. The SMILES string of the molecule is CC[C@H](N)C(=O)N1CCCN(CCOC)CC1. The molecule has 0 unspecified atom stereocenters. The van der Waals surface area contributed by atoms with Crippen LogP contribution in [0.25, 0.3) is 0 Å². The van der Waals surface area contributed by atoms with Crippen LogP contribution in [0.3, 0.4) is 0 Å². The zero-order valence-electron chi connectivity index (χ0n) is 11.0. The van der Waals surface area contributed by atoms with Crippen molar-refractivity contribution in [2.24, 2.45) is 5.73 Å². The minimum absolute atomic E-state index is 0.0982. The van der Waals surface area contributed by atoms with Gasteiger partial charge in [-0.1, -0.05) is 6.92 Å². The Morgan fingerprint density at radius 3 is 2.76 bits per heavy atom. The van der Waals surface area contributed by atoms with Gasteiger partial charge in [0, 0.05) is 33.3 Å². The number of amides is 1. The molecule has 0 spiro atoms. The lowest BCUT2D eigenvalue weighted by atomic mass is 10.2. The van der Waals surface area contributed by atoms with E-state index in [0.717, 1.165) is 45.8 Å². The molecular weight excluding hydrogens is 218 g/mol. The molecule has 1 fully saturated rings. The first-order valence-corrected chi connectivity index (χ1v) is 6.44. The van der Waals surface area contributed by atoms with Crippen molar-refractivity contribution in [1.82, 2.24) is 9.80 Å². The molecule has 0 aliphatic carbocycles. The number of nitrogens with zero attached hydrogens (tertiary/aromatic N) is 2. The van der Waals surface area contributed by atoms with Crippen molar-refractivity contribution in [3.05, 3.63) is 0 Å². The van der Waals surface area contributed by atoms with E-state index in [1.807, 2.05) is 11.8 Å². The zero-order chi connectivity index (χ0) is 12.7. The Bertz CT molecular complexity index is 236. The molecule has 1 atom stereocenters. The van der Waals surface area contributed by atoms with E-state index in [4.69, 9.17) is 10.5 Å². The minimum atomic E-state index is -0.333. The highest BCUT2D eigenvalue weighted by molar-refractivity contribution is 5.81. The van der Waals surface area contributed by atoms with E-state index in [2.05, 4.69) is 4.90 Å². The standard InChI is InChI=1S/C12H25N3O2/c1-3-11(13)12(16)15-6-4-5-14(7-8-15)9-10-17-2/h11H,3-10,13H2,1-2H3/t11-/m0/s1. The third-order valence-electron chi connectivity index (χ3n) is 3.27. The molecule has 17 heavy (non-hydrogen) atoms. The normalized spacial score (nSPS) is 20.1. The topological polar surface area (TPSA) is 58.8 Å². The van der Waals surface area contributed by atoms with Crippen molar-refractivity contribution in [3.63, 3.8) is 0 Å². The van der Waals surface area contributed by atoms with Crippen LogP contribution in [0.1, 0.15) is 19.8 Å². The van der Waals surface area contributed by atoms with E-state index in [0.29, 0.717) is 6.42 Å². The van der Waals surface area contributed by atoms with Gasteiger partial charge in [0.15, 0.2) is 0 Å². The molecule has 1 saturated heterocycles. The second kappa shape index (κ2) is 7.63. The van der Waals surface area contributed by atoms with Gasteiger partial charge in [-0.3, -0.25) is 9.69 Å². The summed E-state index contributed by atoms with van der Waals surface area (Å²) in [6, 6.07) is -0.333. The second-order valence-corrected chi connectivity index (χ2v) is 4.53. The Balaban J connectivity index is 2.39. The summed E-state index contributed by atoms with van der Waals surface area (Å²) in [6.07, 6.45) is 1.73. The predicted molar refractivity (Wildman–Crippen MR) is 67.8 cm³/mol. The summed E-state index contributed by atoms with van der Waals surface area (Å²) in [5.74, 6) is 0.0982. The smallest absolute Gasteiger partial charge is 0.239 e. The number of rotatable bonds is 5. The number of carbonyl (C=O) groups is 1.